The number of halogens is 1. The van der Waals surface area contributed by atoms with E-state index in [9.17, 15) is 23.9 Å². The molecule has 0 unspecified atom stereocenters. The Hall–Kier alpha value is -5.78. The molecule has 324 valence electrons. The summed E-state index contributed by atoms with van der Waals surface area (Å²) >= 11 is 0. The number of phenolic OH excluding ortho intramolecular Hbond substituents is 1. The van der Waals surface area contributed by atoms with Gasteiger partial charge in [0.05, 0.1) is 38.1 Å². The summed E-state index contributed by atoms with van der Waals surface area (Å²) in [4.78, 5) is 35.2. The van der Waals surface area contributed by atoms with Crippen LogP contribution in [0.15, 0.2) is 36.4 Å². The molecule has 12 heteroatoms. The third kappa shape index (κ3) is 9.90. The highest BCUT2D eigenvalue weighted by molar-refractivity contribution is 5.95. The predicted octanol–water partition coefficient (Wildman–Crippen LogP) is 8.49. The second-order valence-electron chi connectivity index (χ2n) is 16.1. The number of fused-ring (bicyclic) bond motifs is 2. The normalized spacial score (nSPS) is 12.8. The summed E-state index contributed by atoms with van der Waals surface area (Å²) in [5.74, 6) is -0.596. The van der Waals surface area contributed by atoms with Gasteiger partial charge in [-0.25, -0.2) is 9.07 Å². The third-order valence-corrected chi connectivity index (χ3v) is 12.2. The van der Waals surface area contributed by atoms with E-state index in [4.69, 9.17) is 19.7 Å². The van der Waals surface area contributed by atoms with Crippen LogP contribution in [0, 0.1) is 26.6 Å². The van der Waals surface area contributed by atoms with Crippen LogP contribution in [0.1, 0.15) is 135 Å². The van der Waals surface area contributed by atoms with E-state index < -0.39 is 11.9 Å². The van der Waals surface area contributed by atoms with Crippen LogP contribution in [-0.2, 0) is 78.7 Å². The number of rotatable bonds is 15. The molecule has 0 fully saturated rings. The number of ether oxygens (including phenoxy) is 2. The number of nitrogens with zero attached hydrogens (tertiary/aromatic N) is 4. The van der Waals surface area contributed by atoms with Crippen molar-refractivity contribution in [1.82, 2.24) is 19.6 Å². The van der Waals surface area contributed by atoms with E-state index in [0.29, 0.717) is 18.7 Å². The van der Waals surface area contributed by atoms with E-state index >= 15 is 0 Å². The molecule has 0 radical (unpaired) electrons. The van der Waals surface area contributed by atoms with E-state index in [1.807, 2.05) is 18.5 Å². The number of carboxylic acid groups (broad SMARTS) is 1. The van der Waals surface area contributed by atoms with Crippen molar-refractivity contribution in [2.24, 2.45) is 0 Å². The van der Waals surface area contributed by atoms with Gasteiger partial charge in [-0.2, -0.15) is 10.2 Å². The SMILES string of the molecule is CCOC(=O)CC(=O)n1nc(C)c(Cc2cc(C)c(OC)c3c2CCC3)c1C.CCc1nn(CCC(=O)O)c(CC)c1Cc1cc(Cc2ccc(F)cc2)c(O)c2c1CCC2. The zero-order chi connectivity index (χ0) is 44.0. The molecule has 0 bridgehead atoms. The largest absolute Gasteiger partial charge is 0.507 e. The van der Waals surface area contributed by atoms with Gasteiger partial charge >= 0.3 is 11.9 Å². The highest BCUT2D eigenvalue weighted by Crippen LogP contribution is 2.39. The number of hydrogen-bond donors (Lipinski definition) is 2. The summed E-state index contributed by atoms with van der Waals surface area (Å²) in [5, 5.41) is 29.3. The number of aryl methyl sites for hydroxylation is 4. The van der Waals surface area contributed by atoms with E-state index in [1.165, 1.54) is 50.2 Å². The Morgan fingerprint density at radius 3 is 2.08 bits per heavy atom. The maximum absolute atomic E-state index is 13.3. The molecule has 2 heterocycles. The fourth-order valence-electron chi connectivity index (χ4n) is 9.30. The summed E-state index contributed by atoms with van der Waals surface area (Å²) in [6, 6.07) is 10.7. The molecule has 2 aliphatic rings. The number of esters is 1. The van der Waals surface area contributed by atoms with Crippen molar-refractivity contribution in [2.45, 2.75) is 132 Å². The Labute approximate surface area is 357 Å². The van der Waals surface area contributed by atoms with Gasteiger partial charge in [-0.15, -0.1) is 0 Å². The minimum Gasteiger partial charge on any atom is -0.507 e. The average molecular weight is 835 g/mol. The second-order valence-corrected chi connectivity index (χ2v) is 16.1. The molecule has 61 heavy (non-hydrogen) atoms. The number of carboxylic acids is 1. The Morgan fingerprint density at radius 2 is 1.44 bits per heavy atom. The number of aromatic hydroxyl groups is 1. The average Bonchev–Trinajstić information content (AvgIpc) is 4.04. The second kappa shape index (κ2) is 19.7. The number of carbonyl (C=O) groups is 3. The van der Waals surface area contributed by atoms with Crippen LogP contribution in [0.4, 0.5) is 4.39 Å². The van der Waals surface area contributed by atoms with E-state index in [0.717, 1.165) is 121 Å². The zero-order valence-corrected chi connectivity index (χ0v) is 36.7. The first-order valence-electron chi connectivity index (χ1n) is 21.6. The van der Waals surface area contributed by atoms with Crippen LogP contribution < -0.4 is 4.74 Å². The number of aromatic nitrogens is 4. The van der Waals surface area contributed by atoms with Gasteiger partial charge in [-0.05, 0) is 141 Å². The van der Waals surface area contributed by atoms with Crippen molar-refractivity contribution in [3.8, 4) is 11.5 Å². The Kier molecular flexibility index (Phi) is 14.5. The number of benzene rings is 3. The number of phenols is 1. The number of hydrogen-bond acceptors (Lipinski definition) is 8. The topological polar surface area (TPSA) is 146 Å². The fraction of sp³-hybridized carbons (Fsp3) is 0.449. The number of carbonyl (C=O) groups excluding carboxylic acids is 2. The molecule has 2 N–H and O–H groups in total. The van der Waals surface area contributed by atoms with Crippen LogP contribution in [0.5, 0.6) is 11.5 Å². The first-order chi connectivity index (χ1) is 29.3. The highest BCUT2D eigenvalue weighted by Gasteiger charge is 2.26. The summed E-state index contributed by atoms with van der Waals surface area (Å²) < 4.78 is 27.1. The summed E-state index contributed by atoms with van der Waals surface area (Å²) in [5.41, 5.74) is 16.3. The van der Waals surface area contributed by atoms with Gasteiger partial charge in [0.2, 0.25) is 0 Å². The van der Waals surface area contributed by atoms with E-state index in [1.54, 1.807) is 26.2 Å². The zero-order valence-electron chi connectivity index (χ0n) is 36.7. The van der Waals surface area contributed by atoms with Gasteiger partial charge in [-0.3, -0.25) is 19.1 Å². The summed E-state index contributed by atoms with van der Waals surface area (Å²) in [7, 11) is 1.73. The van der Waals surface area contributed by atoms with Crippen LogP contribution in [0.25, 0.3) is 0 Å². The lowest BCUT2D eigenvalue weighted by atomic mass is 9.90. The van der Waals surface area contributed by atoms with Crippen LogP contribution in [0.2, 0.25) is 0 Å². The maximum atomic E-state index is 13.3. The van der Waals surface area contributed by atoms with Gasteiger partial charge in [0, 0.05) is 41.8 Å². The Bertz CT molecular complexity index is 2430. The highest BCUT2D eigenvalue weighted by atomic mass is 19.1. The van der Waals surface area contributed by atoms with Gasteiger partial charge in [0.1, 0.15) is 23.7 Å². The van der Waals surface area contributed by atoms with Gasteiger partial charge < -0.3 is 19.7 Å². The fourth-order valence-corrected chi connectivity index (χ4v) is 9.30. The molecule has 0 saturated heterocycles. The molecular formula is C49H59FN4O7. The molecule has 11 nitrogen and oxygen atoms in total. The Balaban J connectivity index is 0.000000207. The van der Waals surface area contributed by atoms with Crippen molar-refractivity contribution in [2.75, 3.05) is 13.7 Å². The van der Waals surface area contributed by atoms with Crippen LogP contribution >= 0.6 is 0 Å². The van der Waals surface area contributed by atoms with Crippen molar-refractivity contribution in [3.63, 3.8) is 0 Å². The van der Waals surface area contributed by atoms with Crippen molar-refractivity contribution in [3.05, 3.63) is 126 Å². The van der Waals surface area contributed by atoms with Gasteiger partial charge in [0.25, 0.3) is 5.91 Å². The summed E-state index contributed by atoms with van der Waals surface area (Å²) in [6.07, 6.45) is 9.37. The third-order valence-electron chi connectivity index (χ3n) is 12.2. The van der Waals surface area contributed by atoms with Gasteiger partial charge in [0.15, 0.2) is 0 Å². The quantitative estimate of drug-likeness (QED) is 0.0784. The minimum absolute atomic E-state index is 0.0493. The van der Waals surface area contributed by atoms with Crippen molar-refractivity contribution < 1.29 is 38.5 Å². The lowest BCUT2D eigenvalue weighted by Crippen LogP contribution is -2.19. The molecule has 0 amide bonds. The molecular weight excluding hydrogens is 776 g/mol. The number of aliphatic carboxylic acids is 1. The van der Waals surface area contributed by atoms with E-state index in [-0.39, 0.29) is 31.2 Å². The molecule has 0 aliphatic heterocycles. The molecule has 0 atom stereocenters. The van der Waals surface area contributed by atoms with E-state index in [2.05, 4.69) is 38.0 Å². The maximum Gasteiger partial charge on any atom is 0.315 e. The van der Waals surface area contributed by atoms with Crippen molar-refractivity contribution >= 4 is 17.8 Å². The standard InChI is InChI=1S/C27H31FN2O3.C22H28N2O4/c1-3-24-23(25(4-2)30(29-24)13-12-26(31)32)16-18-15-19(14-17-8-10-20(28)11-9-17)27(33)22-7-5-6-21(18)22;1-6-28-21(26)12-20(25)24-15(4)19(14(3)23-24)11-16-10-13(2)22(27-5)18-9-7-8-17(16)18/h8-11,15,33H,3-7,12-14,16H2,1-2H3,(H,31,32);10H,6-9,11-12H2,1-5H3. The molecule has 0 spiro atoms. The van der Waals surface area contributed by atoms with Crippen LogP contribution in [-0.4, -0.2) is 61.3 Å². The molecule has 7 rings (SSSR count). The molecule has 5 aromatic rings. The van der Waals surface area contributed by atoms with Crippen molar-refractivity contribution in [1.29, 1.82) is 0 Å². The molecule has 2 aliphatic carbocycles. The lowest BCUT2D eigenvalue weighted by Gasteiger charge is -2.16. The first kappa shape index (κ1) is 44.8. The predicted molar refractivity (Wildman–Crippen MR) is 232 cm³/mol. The van der Waals surface area contributed by atoms with Gasteiger partial charge in [-0.1, -0.05) is 38.1 Å². The van der Waals surface area contributed by atoms with Crippen LogP contribution in [0.3, 0.4) is 0 Å². The Morgan fingerprint density at radius 1 is 0.803 bits per heavy atom. The molecule has 3 aromatic carbocycles. The smallest absolute Gasteiger partial charge is 0.315 e. The minimum atomic E-state index is -0.825. The monoisotopic (exact) mass is 834 g/mol. The first-order valence-corrected chi connectivity index (χ1v) is 21.6. The lowest BCUT2D eigenvalue weighted by molar-refractivity contribution is -0.142. The number of methoxy groups -OCH3 is 1. The molecule has 2 aromatic heterocycles. The molecule has 0 saturated carbocycles. The summed E-state index contributed by atoms with van der Waals surface area (Å²) in [6.45, 7) is 12.4.